The van der Waals surface area contributed by atoms with Crippen LogP contribution < -0.4 is 9.62 Å². The minimum atomic E-state index is -3.11. The fourth-order valence-corrected chi connectivity index (χ4v) is 6.55. The normalized spacial score (nSPS) is 31.7. The van der Waals surface area contributed by atoms with Crippen molar-refractivity contribution in [2.45, 2.75) is 55.9 Å². The molecule has 0 bridgehead atoms. The molecule has 25 heavy (non-hydrogen) atoms. The Morgan fingerprint density at radius 2 is 2.00 bits per heavy atom. The third kappa shape index (κ3) is 2.54. The van der Waals surface area contributed by atoms with Gasteiger partial charge in [-0.25, -0.2) is 23.1 Å². The summed E-state index contributed by atoms with van der Waals surface area (Å²) in [4.78, 5) is 14.0. The van der Waals surface area contributed by atoms with Gasteiger partial charge in [-0.1, -0.05) is 0 Å². The first-order valence-electron chi connectivity index (χ1n) is 8.98. The Labute approximate surface area is 147 Å². The van der Waals surface area contributed by atoms with Gasteiger partial charge in [0.05, 0.1) is 10.6 Å². The summed E-state index contributed by atoms with van der Waals surface area (Å²) in [5.41, 5.74) is 1.08. The SMILES string of the molecule is CN(c1ncnc2[nH]ccc12)C1CC2(C1)CC(S(=O)(=O)NC1CC1)C2. The van der Waals surface area contributed by atoms with Crippen LogP contribution in [0.1, 0.15) is 38.5 Å². The van der Waals surface area contributed by atoms with Crippen LogP contribution in [0.5, 0.6) is 0 Å². The molecule has 0 radical (unpaired) electrons. The molecule has 8 heteroatoms. The summed E-state index contributed by atoms with van der Waals surface area (Å²) in [7, 11) is -1.03. The molecule has 0 aliphatic heterocycles. The van der Waals surface area contributed by atoms with Crippen LogP contribution in [-0.2, 0) is 10.0 Å². The lowest BCUT2D eigenvalue weighted by Gasteiger charge is -2.59. The maximum atomic E-state index is 12.3. The van der Waals surface area contributed by atoms with Crippen molar-refractivity contribution in [3.8, 4) is 0 Å². The van der Waals surface area contributed by atoms with Crippen LogP contribution in [0, 0.1) is 5.41 Å². The molecular weight excluding hydrogens is 338 g/mol. The summed E-state index contributed by atoms with van der Waals surface area (Å²) >= 11 is 0. The lowest BCUT2D eigenvalue weighted by molar-refractivity contribution is 0.0135. The highest BCUT2D eigenvalue weighted by Gasteiger charge is 2.57. The molecule has 0 amide bonds. The monoisotopic (exact) mass is 361 g/mol. The lowest BCUT2D eigenvalue weighted by atomic mass is 9.53. The molecule has 1 spiro atoms. The maximum absolute atomic E-state index is 12.3. The molecular formula is C17H23N5O2S. The summed E-state index contributed by atoms with van der Waals surface area (Å²) in [5.74, 6) is 0.949. The molecule has 3 fully saturated rings. The predicted octanol–water partition coefficient (Wildman–Crippen LogP) is 1.79. The van der Waals surface area contributed by atoms with Crippen molar-refractivity contribution in [2.24, 2.45) is 5.41 Å². The Bertz CT molecular complexity index is 906. The fraction of sp³-hybridized carbons (Fsp3) is 0.647. The Hall–Kier alpha value is -1.67. The molecule has 2 N–H and O–H groups in total. The van der Waals surface area contributed by atoms with Crippen LogP contribution in [0.15, 0.2) is 18.6 Å². The Kier molecular flexibility index (Phi) is 3.22. The number of H-pyrrole nitrogens is 1. The number of aromatic nitrogens is 3. The number of rotatable bonds is 5. The van der Waals surface area contributed by atoms with E-state index in [-0.39, 0.29) is 16.7 Å². The third-order valence-electron chi connectivity index (χ3n) is 6.22. The van der Waals surface area contributed by atoms with E-state index >= 15 is 0 Å². The molecule has 3 saturated carbocycles. The zero-order valence-electron chi connectivity index (χ0n) is 14.3. The molecule has 3 aliphatic carbocycles. The molecule has 0 unspecified atom stereocenters. The highest BCUT2D eigenvalue weighted by molar-refractivity contribution is 7.90. The number of fused-ring (bicyclic) bond motifs is 1. The number of hydrogen-bond donors (Lipinski definition) is 2. The topological polar surface area (TPSA) is 91.0 Å². The third-order valence-corrected chi connectivity index (χ3v) is 8.09. The van der Waals surface area contributed by atoms with Crippen LogP contribution in [0.2, 0.25) is 0 Å². The second-order valence-corrected chi connectivity index (χ2v) is 10.1. The van der Waals surface area contributed by atoms with Gasteiger partial charge in [0.2, 0.25) is 10.0 Å². The summed E-state index contributed by atoms with van der Waals surface area (Å²) < 4.78 is 27.4. The number of sulfonamides is 1. The van der Waals surface area contributed by atoms with Gasteiger partial charge in [0.1, 0.15) is 17.8 Å². The highest BCUT2D eigenvalue weighted by Crippen LogP contribution is 2.59. The molecule has 2 aromatic rings. The van der Waals surface area contributed by atoms with Crippen molar-refractivity contribution >= 4 is 26.9 Å². The minimum absolute atomic E-state index is 0.185. The first-order chi connectivity index (χ1) is 12.0. The zero-order valence-corrected chi connectivity index (χ0v) is 15.1. The largest absolute Gasteiger partial charge is 0.356 e. The minimum Gasteiger partial charge on any atom is -0.356 e. The second kappa shape index (κ2) is 5.17. The number of hydrogen-bond acceptors (Lipinski definition) is 5. The average molecular weight is 361 g/mol. The molecule has 0 atom stereocenters. The van der Waals surface area contributed by atoms with Crippen LogP contribution in [0.25, 0.3) is 11.0 Å². The van der Waals surface area contributed by atoms with E-state index in [1.165, 1.54) is 0 Å². The smallest absolute Gasteiger partial charge is 0.214 e. The summed E-state index contributed by atoms with van der Waals surface area (Å²) in [6.45, 7) is 0. The van der Waals surface area contributed by atoms with E-state index in [0.717, 1.165) is 55.4 Å². The molecule has 3 aliphatic rings. The molecule has 7 nitrogen and oxygen atoms in total. The first kappa shape index (κ1) is 15.6. The van der Waals surface area contributed by atoms with Crippen molar-refractivity contribution in [1.29, 1.82) is 0 Å². The Morgan fingerprint density at radius 1 is 1.24 bits per heavy atom. The fourth-order valence-electron chi connectivity index (χ4n) is 4.52. The van der Waals surface area contributed by atoms with Crippen molar-refractivity contribution in [1.82, 2.24) is 19.7 Å². The average Bonchev–Trinajstić information content (AvgIpc) is 3.15. The van der Waals surface area contributed by atoms with Crippen LogP contribution >= 0.6 is 0 Å². The van der Waals surface area contributed by atoms with E-state index in [1.54, 1.807) is 6.33 Å². The van der Waals surface area contributed by atoms with Gasteiger partial charge in [0.25, 0.3) is 0 Å². The van der Waals surface area contributed by atoms with Gasteiger partial charge in [-0.3, -0.25) is 0 Å². The van der Waals surface area contributed by atoms with Crippen LogP contribution in [0.3, 0.4) is 0 Å². The number of anilines is 1. The van der Waals surface area contributed by atoms with Gasteiger partial charge < -0.3 is 9.88 Å². The zero-order chi connectivity index (χ0) is 17.2. The van der Waals surface area contributed by atoms with Crippen molar-refractivity contribution in [3.05, 3.63) is 18.6 Å². The molecule has 5 rings (SSSR count). The summed E-state index contributed by atoms with van der Waals surface area (Å²) in [5, 5.41) is 0.850. The summed E-state index contributed by atoms with van der Waals surface area (Å²) in [6.07, 6.45) is 9.18. The van der Waals surface area contributed by atoms with Crippen LogP contribution in [0.4, 0.5) is 5.82 Å². The number of nitrogens with zero attached hydrogens (tertiary/aromatic N) is 3. The van der Waals surface area contributed by atoms with E-state index in [2.05, 4.69) is 31.6 Å². The van der Waals surface area contributed by atoms with Gasteiger partial charge in [0, 0.05) is 25.3 Å². The quantitative estimate of drug-likeness (QED) is 0.847. The van der Waals surface area contributed by atoms with Gasteiger partial charge >= 0.3 is 0 Å². The van der Waals surface area contributed by atoms with E-state index in [4.69, 9.17) is 0 Å². The van der Waals surface area contributed by atoms with E-state index in [9.17, 15) is 8.42 Å². The van der Waals surface area contributed by atoms with Crippen LogP contribution in [-0.4, -0.2) is 47.8 Å². The lowest BCUT2D eigenvalue weighted by Crippen LogP contribution is -2.60. The van der Waals surface area contributed by atoms with E-state index < -0.39 is 10.0 Å². The molecule has 0 aromatic carbocycles. The standard InChI is InChI=1S/C17H23N5O2S/c1-22(16-14-4-5-18-15(14)19-10-20-16)12-6-17(7-12)8-13(9-17)25(23,24)21-11-2-3-11/h4-5,10-13,21H,2-3,6-9H2,1H3,(H,18,19,20). The van der Waals surface area contributed by atoms with Gasteiger partial charge in [0.15, 0.2) is 0 Å². The highest BCUT2D eigenvalue weighted by atomic mass is 32.2. The Balaban J connectivity index is 1.23. The number of aromatic amines is 1. The first-order valence-corrected chi connectivity index (χ1v) is 10.5. The predicted molar refractivity (Wildman–Crippen MR) is 95.8 cm³/mol. The molecule has 134 valence electrons. The van der Waals surface area contributed by atoms with Crippen molar-refractivity contribution < 1.29 is 8.42 Å². The van der Waals surface area contributed by atoms with Gasteiger partial charge in [-0.15, -0.1) is 0 Å². The number of nitrogens with one attached hydrogen (secondary N) is 2. The van der Waals surface area contributed by atoms with Crippen molar-refractivity contribution in [2.75, 3.05) is 11.9 Å². The second-order valence-electron chi connectivity index (χ2n) is 8.08. The Morgan fingerprint density at radius 3 is 2.72 bits per heavy atom. The maximum Gasteiger partial charge on any atom is 0.214 e. The van der Waals surface area contributed by atoms with Gasteiger partial charge in [-0.05, 0) is 50.0 Å². The van der Waals surface area contributed by atoms with Gasteiger partial charge in [-0.2, -0.15) is 0 Å². The molecule has 0 saturated heterocycles. The molecule has 2 aromatic heterocycles. The van der Waals surface area contributed by atoms with E-state index in [1.807, 2.05) is 12.3 Å². The van der Waals surface area contributed by atoms with Crippen molar-refractivity contribution in [3.63, 3.8) is 0 Å². The summed E-state index contributed by atoms with van der Waals surface area (Å²) in [6, 6.07) is 2.64. The van der Waals surface area contributed by atoms with E-state index in [0.29, 0.717) is 6.04 Å². The molecule has 2 heterocycles.